The van der Waals surface area contributed by atoms with Crippen molar-refractivity contribution < 1.29 is 10.2 Å². The van der Waals surface area contributed by atoms with Crippen LogP contribution in [-0.2, 0) is 0 Å². The molecule has 0 saturated heterocycles. The molecule has 2 N–H and O–H groups in total. The SMILES string of the molecule is CC1(C)CC[C@@]2(C)[C@H](C1)C1=CC[C@@H]3[C@]4(C)CC[C@H](O)C(C)(C)[C@@H]4CC[C@@]3(C)[C@]1(C)C[C@@H]2O. The fourth-order valence-corrected chi connectivity index (χ4v) is 10.6. The van der Waals surface area contributed by atoms with Crippen molar-refractivity contribution >= 4 is 0 Å². The molecule has 0 amide bonds. The van der Waals surface area contributed by atoms with E-state index in [2.05, 4.69) is 61.5 Å². The van der Waals surface area contributed by atoms with E-state index in [1.165, 1.54) is 32.1 Å². The fourth-order valence-electron chi connectivity index (χ4n) is 10.6. The van der Waals surface area contributed by atoms with Crippen molar-refractivity contribution in [3.63, 3.8) is 0 Å². The van der Waals surface area contributed by atoms with Gasteiger partial charge in [-0.05, 0) is 103 Å². The molecule has 0 aliphatic heterocycles. The quantitative estimate of drug-likeness (QED) is 0.391. The zero-order valence-electron chi connectivity index (χ0n) is 22.2. The summed E-state index contributed by atoms with van der Waals surface area (Å²) in [6.45, 7) is 19.7. The van der Waals surface area contributed by atoms with Gasteiger partial charge in [0.1, 0.15) is 0 Å². The zero-order chi connectivity index (χ0) is 23.5. The number of aliphatic hydroxyl groups excluding tert-OH is 2. The third-order valence-corrected chi connectivity index (χ3v) is 13.1. The standard InChI is InChI=1S/C30H50O2/c1-25(2)15-16-27(5)20(17-25)19-9-10-22-28(6)13-12-23(31)26(3,4)21(28)11-14-29(22,7)30(19,8)18-24(27)32/h9,20-24,31-32H,10-18H2,1-8H3/t20-,21+,22-,23+,24+,27+,28-,29-,30-/m1/s1. The van der Waals surface area contributed by atoms with E-state index in [4.69, 9.17) is 0 Å². The number of fused-ring (bicyclic) bond motifs is 7. The summed E-state index contributed by atoms with van der Waals surface area (Å²) in [7, 11) is 0. The second-order valence-corrected chi connectivity index (χ2v) is 15.3. The Kier molecular flexibility index (Phi) is 4.87. The molecule has 2 heteroatoms. The van der Waals surface area contributed by atoms with Crippen LogP contribution in [-0.4, -0.2) is 22.4 Å². The molecule has 5 aliphatic rings. The van der Waals surface area contributed by atoms with E-state index in [0.29, 0.717) is 23.2 Å². The Hall–Kier alpha value is -0.340. The van der Waals surface area contributed by atoms with Crippen LogP contribution in [0.3, 0.4) is 0 Å². The molecule has 0 aromatic rings. The van der Waals surface area contributed by atoms with Crippen LogP contribution in [0.5, 0.6) is 0 Å². The average Bonchev–Trinajstić information content (AvgIpc) is 2.68. The molecule has 9 atom stereocenters. The van der Waals surface area contributed by atoms with Gasteiger partial charge < -0.3 is 10.2 Å². The monoisotopic (exact) mass is 442 g/mol. The molecule has 0 radical (unpaired) electrons. The van der Waals surface area contributed by atoms with Gasteiger partial charge in [0.2, 0.25) is 0 Å². The fraction of sp³-hybridized carbons (Fsp3) is 0.933. The Labute approximate surface area is 197 Å². The number of hydrogen-bond donors (Lipinski definition) is 2. The van der Waals surface area contributed by atoms with E-state index in [9.17, 15) is 10.2 Å². The first kappa shape index (κ1) is 23.4. The normalized spacial score (nSPS) is 56.2. The molecule has 0 heterocycles. The Morgan fingerprint density at radius 1 is 0.719 bits per heavy atom. The van der Waals surface area contributed by atoms with Gasteiger partial charge in [-0.15, -0.1) is 0 Å². The first-order valence-electron chi connectivity index (χ1n) is 13.7. The van der Waals surface area contributed by atoms with Crippen LogP contribution in [0.15, 0.2) is 11.6 Å². The Morgan fingerprint density at radius 3 is 2.09 bits per heavy atom. The highest BCUT2D eigenvalue weighted by Gasteiger charge is 2.69. The summed E-state index contributed by atoms with van der Waals surface area (Å²) in [6, 6.07) is 0. The molecule has 0 bridgehead atoms. The molecule has 5 aliphatic carbocycles. The van der Waals surface area contributed by atoms with Crippen molar-refractivity contribution in [2.75, 3.05) is 0 Å². The average molecular weight is 443 g/mol. The van der Waals surface area contributed by atoms with Gasteiger partial charge in [0.05, 0.1) is 12.2 Å². The van der Waals surface area contributed by atoms with Gasteiger partial charge in [-0.3, -0.25) is 0 Å². The third-order valence-electron chi connectivity index (χ3n) is 13.1. The maximum Gasteiger partial charge on any atom is 0.0608 e. The molecule has 0 spiro atoms. The summed E-state index contributed by atoms with van der Waals surface area (Å²) in [5, 5.41) is 22.6. The molecular weight excluding hydrogens is 392 g/mol. The van der Waals surface area contributed by atoms with Crippen molar-refractivity contribution in [1.82, 2.24) is 0 Å². The van der Waals surface area contributed by atoms with Crippen LogP contribution in [0.2, 0.25) is 0 Å². The highest BCUT2D eigenvalue weighted by Crippen LogP contribution is 2.75. The van der Waals surface area contributed by atoms with Crippen LogP contribution < -0.4 is 0 Å². The third kappa shape index (κ3) is 2.72. The Morgan fingerprint density at radius 2 is 1.41 bits per heavy atom. The highest BCUT2D eigenvalue weighted by molar-refractivity contribution is 5.34. The lowest BCUT2D eigenvalue weighted by Gasteiger charge is -2.72. The number of allylic oxidation sites excluding steroid dienone is 2. The van der Waals surface area contributed by atoms with Gasteiger partial charge in [0.25, 0.3) is 0 Å². The largest absolute Gasteiger partial charge is 0.393 e. The van der Waals surface area contributed by atoms with Crippen molar-refractivity contribution in [1.29, 1.82) is 0 Å². The second kappa shape index (κ2) is 6.66. The van der Waals surface area contributed by atoms with Gasteiger partial charge in [0.15, 0.2) is 0 Å². The molecular formula is C30H50O2. The lowest BCUT2D eigenvalue weighted by Crippen LogP contribution is -2.66. The van der Waals surface area contributed by atoms with Gasteiger partial charge >= 0.3 is 0 Å². The van der Waals surface area contributed by atoms with Crippen molar-refractivity contribution in [3.05, 3.63) is 11.6 Å². The van der Waals surface area contributed by atoms with Crippen LogP contribution in [0.1, 0.15) is 113 Å². The van der Waals surface area contributed by atoms with Crippen molar-refractivity contribution in [2.24, 2.45) is 50.2 Å². The van der Waals surface area contributed by atoms with E-state index >= 15 is 0 Å². The summed E-state index contributed by atoms with van der Waals surface area (Å²) in [5.74, 6) is 1.75. The van der Waals surface area contributed by atoms with E-state index in [1.54, 1.807) is 5.57 Å². The van der Waals surface area contributed by atoms with Gasteiger partial charge in [-0.2, -0.15) is 0 Å². The number of hydrogen-bond acceptors (Lipinski definition) is 2. The predicted octanol–water partition coefficient (Wildman–Crippen LogP) is 7.14. The maximum absolute atomic E-state index is 11.7. The smallest absolute Gasteiger partial charge is 0.0608 e. The summed E-state index contributed by atoms with van der Waals surface area (Å²) in [6.07, 6.45) is 12.6. The summed E-state index contributed by atoms with van der Waals surface area (Å²) in [5.41, 5.74) is 2.71. The van der Waals surface area contributed by atoms with Gasteiger partial charge in [-0.25, -0.2) is 0 Å². The van der Waals surface area contributed by atoms with Crippen LogP contribution >= 0.6 is 0 Å². The molecule has 32 heavy (non-hydrogen) atoms. The summed E-state index contributed by atoms with van der Waals surface area (Å²) >= 11 is 0. The highest BCUT2D eigenvalue weighted by atomic mass is 16.3. The Balaban J connectivity index is 1.60. The van der Waals surface area contributed by atoms with Crippen molar-refractivity contribution in [3.8, 4) is 0 Å². The topological polar surface area (TPSA) is 40.5 Å². The molecule has 5 rings (SSSR count). The van der Waals surface area contributed by atoms with E-state index in [0.717, 1.165) is 25.7 Å². The first-order chi connectivity index (χ1) is 14.6. The van der Waals surface area contributed by atoms with Gasteiger partial charge in [-0.1, -0.05) is 67.0 Å². The van der Waals surface area contributed by atoms with E-state index < -0.39 is 0 Å². The van der Waals surface area contributed by atoms with Crippen LogP contribution in [0.4, 0.5) is 0 Å². The lowest BCUT2D eigenvalue weighted by molar-refractivity contribution is -0.213. The zero-order valence-corrected chi connectivity index (χ0v) is 22.2. The van der Waals surface area contributed by atoms with Crippen LogP contribution in [0.25, 0.3) is 0 Å². The summed E-state index contributed by atoms with van der Waals surface area (Å²) < 4.78 is 0. The Bertz CT molecular complexity index is 825. The number of aliphatic hydroxyl groups is 2. The first-order valence-corrected chi connectivity index (χ1v) is 13.7. The van der Waals surface area contributed by atoms with Crippen molar-refractivity contribution in [2.45, 2.75) is 125 Å². The minimum absolute atomic E-state index is 0.00271. The van der Waals surface area contributed by atoms with E-state index in [-0.39, 0.29) is 39.3 Å². The molecule has 4 fully saturated rings. The number of rotatable bonds is 0. The lowest BCUT2D eigenvalue weighted by atomic mass is 9.33. The molecule has 182 valence electrons. The maximum atomic E-state index is 11.7. The second-order valence-electron chi connectivity index (χ2n) is 15.3. The van der Waals surface area contributed by atoms with Gasteiger partial charge in [0, 0.05) is 5.41 Å². The molecule has 0 aromatic heterocycles. The molecule has 2 nitrogen and oxygen atoms in total. The van der Waals surface area contributed by atoms with E-state index in [1.807, 2.05) is 0 Å². The molecule has 0 aromatic carbocycles. The van der Waals surface area contributed by atoms with Crippen LogP contribution in [0, 0.1) is 50.2 Å². The molecule has 0 unspecified atom stereocenters. The predicted molar refractivity (Wildman–Crippen MR) is 132 cm³/mol. The molecule has 4 saturated carbocycles. The minimum atomic E-state index is -0.198. The summed E-state index contributed by atoms with van der Waals surface area (Å²) in [4.78, 5) is 0. The minimum Gasteiger partial charge on any atom is -0.393 e.